The molecule has 2 rings (SSSR count). The lowest BCUT2D eigenvalue weighted by molar-refractivity contribution is 0.151. The van der Waals surface area contributed by atoms with Crippen LogP contribution < -0.4 is 0 Å². The molecule has 1 aliphatic carbocycles. The van der Waals surface area contributed by atoms with Crippen LogP contribution in [0.5, 0.6) is 0 Å². The maximum Gasteiger partial charge on any atom is 0.216 e. The monoisotopic (exact) mass is 279 g/mol. The van der Waals surface area contributed by atoms with Gasteiger partial charge < -0.3 is 5.11 Å². The fourth-order valence-electron chi connectivity index (χ4n) is 2.12. The van der Waals surface area contributed by atoms with E-state index in [1.54, 1.807) is 6.07 Å². The van der Waals surface area contributed by atoms with Gasteiger partial charge in [-0.1, -0.05) is 34.8 Å². The van der Waals surface area contributed by atoms with Gasteiger partial charge in [0.1, 0.15) is 0 Å². The van der Waals surface area contributed by atoms with Crippen molar-refractivity contribution in [3.8, 4) is 0 Å². The predicted molar refractivity (Wildman–Crippen MR) is 66.1 cm³/mol. The van der Waals surface area contributed by atoms with Gasteiger partial charge in [-0.25, -0.2) is 0 Å². The summed E-state index contributed by atoms with van der Waals surface area (Å²) in [6, 6.07) is 1.78. The van der Waals surface area contributed by atoms with E-state index in [4.69, 9.17) is 34.8 Å². The van der Waals surface area contributed by atoms with E-state index in [-0.39, 0.29) is 0 Å². The van der Waals surface area contributed by atoms with Gasteiger partial charge in [0.25, 0.3) is 0 Å². The minimum atomic E-state index is -1.45. The number of nitrogens with zero attached hydrogens (tertiary/aromatic N) is 1. The molecule has 16 heavy (non-hydrogen) atoms. The SMILES string of the molecule is Cc1cc(C(Cl)(Cl)Cl)c2c(n1)C(O)CCC2. The maximum atomic E-state index is 9.88. The molecule has 1 unspecified atom stereocenters. The number of hydrogen-bond donors (Lipinski definition) is 1. The molecule has 0 aliphatic heterocycles. The highest BCUT2D eigenvalue weighted by Crippen LogP contribution is 2.43. The van der Waals surface area contributed by atoms with Gasteiger partial charge >= 0.3 is 0 Å². The van der Waals surface area contributed by atoms with Crippen molar-refractivity contribution in [1.29, 1.82) is 0 Å². The van der Waals surface area contributed by atoms with Crippen LogP contribution in [0, 0.1) is 6.92 Å². The van der Waals surface area contributed by atoms with Gasteiger partial charge in [0.15, 0.2) is 0 Å². The van der Waals surface area contributed by atoms with Gasteiger partial charge in [0, 0.05) is 11.3 Å². The Morgan fingerprint density at radius 2 is 2.12 bits per heavy atom. The van der Waals surface area contributed by atoms with E-state index in [2.05, 4.69) is 4.98 Å². The van der Waals surface area contributed by atoms with Crippen LogP contribution >= 0.6 is 34.8 Å². The van der Waals surface area contributed by atoms with Gasteiger partial charge in [-0.15, -0.1) is 0 Å². The highest BCUT2D eigenvalue weighted by atomic mass is 35.6. The number of aliphatic hydroxyl groups excluding tert-OH is 1. The molecule has 0 saturated carbocycles. The summed E-state index contributed by atoms with van der Waals surface area (Å²) >= 11 is 17.8. The molecule has 1 heterocycles. The molecular formula is C11H12Cl3NO. The van der Waals surface area contributed by atoms with Crippen LogP contribution in [0.2, 0.25) is 0 Å². The van der Waals surface area contributed by atoms with E-state index in [9.17, 15) is 5.11 Å². The molecule has 0 radical (unpaired) electrons. The first-order valence-electron chi connectivity index (χ1n) is 5.15. The highest BCUT2D eigenvalue weighted by molar-refractivity contribution is 6.66. The first-order valence-corrected chi connectivity index (χ1v) is 6.28. The molecule has 0 spiro atoms. The number of aryl methyl sites for hydroxylation is 1. The fourth-order valence-corrected chi connectivity index (χ4v) is 2.63. The Balaban J connectivity index is 2.62. The summed E-state index contributed by atoms with van der Waals surface area (Å²) < 4.78 is -1.45. The normalized spacial score (nSPS) is 20.7. The Kier molecular flexibility index (Phi) is 3.37. The summed E-state index contributed by atoms with van der Waals surface area (Å²) in [5, 5.41) is 9.88. The summed E-state index contributed by atoms with van der Waals surface area (Å²) in [6.45, 7) is 1.83. The number of alkyl halides is 3. The van der Waals surface area contributed by atoms with Gasteiger partial charge in [-0.2, -0.15) is 0 Å². The van der Waals surface area contributed by atoms with Crippen molar-refractivity contribution in [2.45, 2.75) is 36.1 Å². The minimum absolute atomic E-state index is 0.533. The Morgan fingerprint density at radius 3 is 2.75 bits per heavy atom. The molecule has 1 aromatic heterocycles. The van der Waals surface area contributed by atoms with Gasteiger partial charge in [-0.3, -0.25) is 4.98 Å². The molecule has 1 aromatic rings. The lowest BCUT2D eigenvalue weighted by atomic mass is 9.90. The number of hydrogen-bond acceptors (Lipinski definition) is 2. The quantitative estimate of drug-likeness (QED) is 0.737. The number of aromatic nitrogens is 1. The van der Waals surface area contributed by atoms with Crippen LogP contribution in [0.4, 0.5) is 0 Å². The number of aliphatic hydroxyl groups is 1. The average molecular weight is 281 g/mol. The second-order valence-corrected chi connectivity index (χ2v) is 6.36. The van der Waals surface area contributed by atoms with Gasteiger partial charge in [-0.05, 0) is 37.8 Å². The smallest absolute Gasteiger partial charge is 0.216 e. The van der Waals surface area contributed by atoms with Crippen molar-refractivity contribution in [3.63, 3.8) is 0 Å². The molecule has 0 bridgehead atoms. The van der Waals surface area contributed by atoms with E-state index in [0.717, 1.165) is 30.5 Å². The van der Waals surface area contributed by atoms with Crippen LogP contribution in [-0.2, 0) is 10.2 Å². The number of fused-ring (bicyclic) bond motifs is 1. The molecule has 0 fully saturated rings. The lowest BCUT2D eigenvalue weighted by Gasteiger charge is -2.26. The first-order chi connectivity index (χ1) is 7.39. The Morgan fingerprint density at radius 1 is 1.44 bits per heavy atom. The number of halogens is 3. The number of pyridine rings is 1. The second-order valence-electron chi connectivity index (χ2n) is 4.08. The Hall–Kier alpha value is -0.0200. The van der Waals surface area contributed by atoms with Crippen molar-refractivity contribution < 1.29 is 5.11 Å². The van der Waals surface area contributed by atoms with Crippen molar-refractivity contribution in [2.75, 3.05) is 0 Å². The molecule has 1 atom stereocenters. The number of rotatable bonds is 0. The largest absolute Gasteiger partial charge is 0.387 e. The van der Waals surface area contributed by atoms with Crippen LogP contribution in [-0.4, -0.2) is 10.1 Å². The van der Waals surface area contributed by atoms with E-state index < -0.39 is 9.90 Å². The van der Waals surface area contributed by atoms with E-state index in [1.165, 1.54) is 0 Å². The average Bonchev–Trinajstić information content (AvgIpc) is 2.17. The second kappa shape index (κ2) is 4.34. The summed E-state index contributed by atoms with van der Waals surface area (Å²) in [4.78, 5) is 4.34. The summed E-state index contributed by atoms with van der Waals surface area (Å²) in [5.74, 6) is 0. The van der Waals surface area contributed by atoms with E-state index in [0.29, 0.717) is 11.3 Å². The summed E-state index contributed by atoms with van der Waals surface area (Å²) in [5.41, 5.74) is 2.98. The zero-order valence-electron chi connectivity index (χ0n) is 8.80. The van der Waals surface area contributed by atoms with Crippen molar-refractivity contribution in [3.05, 3.63) is 28.6 Å². The van der Waals surface area contributed by atoms with E-state index >= 15 is 0 Å². The van der Waals surface area contributed by atoms with Crippen molar-refractivity contribution in [2.24, 2.45) is 0 Å². The molecule has 0 saturated heterocycles. The van der Waals surface area contributed by atoms with Crippen LogP contribution in [0.1, 0.15) is 41.5 Å². The van der Waals surface area contributed by atoms with Crippen LogP contribution in [0.3, 0.4) is 0 Å². The summed E-state index contributed by atoms with van der Waals surface area (Å²) in [7, 11) is 0. The molecule has 1 aliphatic rings. The molecular weight excluding hydrogens is 268 g/mol. The molecule has 5 heteroatoms. The van der Waals surface area contributed by atoms with Crippen LogP contribution in [0.25, 0.3) is 0 Å². The third-order valence-electron chi connectivity index (χ3n) is 2.81. The molecule has 88 valence electrons. The first kappa shape index (κ1) is 12.4. The van der Waals surface area contributed by atoms with E-state index in [1.807, 2.05) is 6.92 Å². The Labute approximate surface area is 110 Å². The third-order valence-corrected chi connectivity index (χ3v) is 3.42. The molecule has 0 aromatic carbocycles. The van der Waals surface area contributed by atoms with Crippen molar-refractivity contribution >= 4 is 34.8 Å². The third kappa shape index (κ3) is 2.30. The zero-order valence-corrected chi connectivity index (χ0v) is 11.1. The highest BCUT2D eigenvalue weighted by Gasteiger charge is 2.31. The molecule has 1 N–H and O–H groups in total. The summed E-state index contributed by atoms with van der Waals surface area (Å²) in [6.07, 6.45) is 1.90. The molecule has 2 nitrogen and oxygen atoms in total. The van der Waals surface area contributed by atoms with Crippen LogP contribution in [0.15, 0.2) is 6.07 Å². The Bertz CT molecular complexity index is 414. The van der Waals surface area contributed by atoms with Gasteiger partial charge in [0.2, 0.25) is 3.79 Å². The van der Waals surface area contributed by atoms with Gasteiger partial charge in [0.05, 0.1) is 11.8 Å². The zero-order chi connectivity index (χ0) is 11.9. The molecule has 0 amide bonds. The maximum absolute atomic E-state index is 9.88. The predicted octanol–water partition coefficient (Wildman–Crippen LogP) is 3.59. The minimum Gasteiger partial charge on any atom is -0.387 e. The fraction of sp³-hybridized carbons (Fsp3) is 0.545. The lowest BCUT2D eigenvalue weighted by Crippen LogP contribution is -2.18. The topological polar surface area (TPSA) is 33.1 Å². The van der Waals surface area contributed by atoms with Crippen molar-refractivity contribution in [1.82, 2.24) is 4.98 Å². The standard InChI is InChI=1S/C11H12Cl3NO/c1-6-5-8(11(12,13)14)7-3-2-4-9(16)10(7)15-6/h5,9,16H,2-4H2,1H3.